The van der Waals surface area contributed by atoms with Gasteiger partial charge < -0.3 is 14.7 Å². The van der Waals surface area contributed by atoms with Crippen molar-refractivity contribution in [2.24, 2.45) is 5.92 Å². The number of carboxylic acids is 1. The lowest BCUT2D eigenvalue weighted by Gasteiger charge is -2.36. The molecule has 5 nitrogen and oxygen atoms in total. The molecule has 1 fully saturated rings. The van der Waals surface area contributed by atoms with Crippen LogP contribution in [0.1, 0.15) is 24.8 Å². The first kappa shape index (κ1) is 15.2. The van der Waals surface area contributed by atoms with Crippen LogP contribution in [0.4, 0.5) is 0 Å². The molecule has 2 aliphatic heterocycles. The first-order valence-corrected chi connectivity index (χ1v) is 7.88. The highest BCUT2D eigenvalue weighted by molar-refractivity contribution is 6.30. The number of carboxylic acid groups (broad SMARTS) is 1. The smallest absolute Gasteiger partial charge is 0.326 e. The number of benzene rings is 1. The Labute approximate surface area is 133 Å². The summed E-state index contributed by atoms with van der Waals surface area (Å²) in [7, 11) is 0. The molecule has 0 spiro atoms. The van der Waals surface area contributed by atoms with Gasteiger partial charge in [0.2, 0.25) is 5.91 Å². The van der Waals surface area contributed by atoms with Crippen molar-refractivity contribution in [3.8, 4) is 5.75 Å². The third-order valence-electron chi connectivity index (χ3n) is 4.35. The van der Waals surface area contributed by atoms with E-state index in [0.717, 1.165) is 24.2 Å². The van der Waals surface area contributed by atoms with Gasteiger partial charge >= 0.3 is 5.97 Å². The molecule has 0 bridgehead atoms. The molecule has 2 atom stereocenters. The quantitative estimate of drug-likeness (QED) is 0.907. The van der Waals surface area contributed by atoms with Crippen LogP contribution >= 0.6 is 11.6 Å². The SMILES string of the molecule is O=C(O)[C@H]1CCCCN1C(=O)C1COc2ccc(Cl)cc2C1. The third-order valence-corrected chi connectivity index (χ3v) is 4.58. The van der Waals surface area contributed by atoms with E-state index >= 15 is 0 Å². The Hall–Kier alpha value is -1.75. The summed E-state index contributed by atoms with van der Waals surface area (Å²) in [4.78, 5) is 25.6. The van der Waals surface area contributed by atoms with Crippen molar-refractivity contribution in [3.63, 3.8) is 0 Å². The number of aliphatic carboxylic acids is 1. The second-order valence-corrected chi connectivity index (χ2v) is 6.28. The van der Waals surface area contributed by atoms with Crippen molar-refractivity contribution in [2.75, 3.05) is 13.2 Å². The van der Waals surface area contributed by atoms with Gasteiger partial charge in [0.05, 0.1) is 5.92 Å². The molecule has 2 aliphatic rings. The number of amides is 1. The van der Waals surface area contributed by atoms with Crippen LogP contribution in [0.5, 0.6) is 5.75 Å². The van der Waals surface area contributed by atoms with Crippen LogP contribution in [0, 0.1) is 5.92 Å². The maximum Gasteiger partial charge on any atom is 0.326 e. The number of carbonyl (C=O) groups is 2. The highest BCUT2D eigenvalue weighted by Crippen LogP contribution is 2.31. The summed E-state index contributed by atoms with van der Waals surface area (Å²) < 4.78 is 5.65. The van der Waals surface area contributed by atoms with E-state index in [1.807, 2.05) is 0 Å². The maximum absolute atomic E-state index is 12.7. The molecule has 1 amide bonds. The Bertz CT molecular complexity index is 604. The minimum atomic E-state index is -0.923. The predicted octanol–water partition coefficient (Wildman–Crippen LogP) is 2.36. The number of ether oxygens (including phenoxy) is 1. The van der Waals surface area contributed by atoms with Crippen LogP contribution in [0.3, 0.4) is 0 Å². The van der Waals surface area contributed by atoms with Gasteiger partial charge in [0.25, 0.3) is 0 Å². The second kappa shape index (κ2) is 6.16. The van der Waals surface area contributed by atoms with Crippen molar-refractivity contribution in [1.82, 2.24) is 4.90 Å². The molecule has 1 N–H and O–H groups in total. The zero-order valence-corrected chi connectivity index (χ0v) is 12.9. The van der Waals surface area contributed by atoms with Gasteiger partial charge in [-0.05, 0) is 49.4 Å². The fraction of sp³-hybridized carbons (Fsp3) is 0.500. The topological polar surface area (TPSA) is 66.8 Å². The molecule has 1 aromatic carbocycles. The minimum Gasteiger partial charge on any atom is -0.492 e. The number of nitrogens with zero attached hydrogens (tertiary/aromatic N) is 1. The van der Waals surface area contributed by atoms with Gasteiger partial charge in [0, 0.05) is 11.6 Å². The standard InChI is InChI=1S/C16H18ClNO4/c17-12-4-5-14-10(8-12)7-11(9-22-14)15(19)18-6-2-1-3-13(18)16(20)21/h4-5,8,11,13H,1-3,6-7,9H2,(H,20,21)/t11?,13-/m1/s1. The normalized spacial score (nSPS) is 24.3. The van der Waals surface area contributed by atoms with Crippen LogP contribution in [0.25, 0.3) is 0 Å². The van der Waals surface area contributed by atoms with Crippen LogP contribution in [-0.4, -0.2) is 41.1 Å². The lowest BCUT2D eigenvalue weighted by atomic mass is 9.93. The first-order valence-electron chi connectivity index (χ1n) is 7.51. The van der Waals surface area contributed by atoms with Crippen molar-refractivity contribution in [1.29, 1.82) is 0 Å². The summed E-state index contributed by atoms with van der Waals surface area (Å²) in [5, 5.41) is 9.92. The van der Waals surface area contributed by atoms with Gasteiger partial charge in [0.1, 0.15) is 18.4 Å². The van der Waals surface area contributed by atoms with E-state index in [0.29, 0.717) is 24.4 Å². The Kier molecular flexibility index (Phi) is 4.25. The fourth-order valence-electron chi connectivity index (χ4n) is 3.21. The van der Waals surface area contributed by atoms with Gasteiger partial charge in [-0.3, -0.25) is 4.79 Å². The van der Waals surface area contributed by atoms with E-state index in [-0.39, 0.29) is 18.4 Å². The number of likely N-dealkylation sites (tertiary alicyclic amines) is 1. The number of piperidine rings is 1. The van der Waals surface area contributed by atoms with Gasteiger partial charge in [-0.25, -0.2) is 4.79 Å². The molecule has 1 saturated heterocycles. The number of fused-ring (bicyclic) bond motifs is 1. The van der Waals surface area contributed by atoms with Gasteiger partial charge in [-0.15, -0.1) is 0 Å². The molecular weight excluding hydrogens is 306 g/mol. The third kappa shape index (κ3) is 2.90. The lowest BCUT2D eigenvalue weighted by Crippen LogP contribution is -2.51. The Morgan fingerprint density at radius 2 is 2.14 bits per heavy atom. The summed E-state index contributed by atoms with van der Waals surface area (Å²) in [6, 6.07) is 4.66. The van der Waals surface area contributed by atoms with Crippen molar-refractivity contribution in [3.05, 3.63) is 28.8 Å². The van der Waals surface area contributed by atoms with Crippen LogP contribution < -0.4 is 4.74 Å². The van der Waals surface area contributed by atoms with E-state index in [2.05, 4.69) is 0 Å². The molecule has 6 heteroatoms. The molecule has 1 aromatic rings. The van der Waals surface area contributed by atoms with Gasteiger partial charge in [0.15, 0.2) is 0 Å². The first-order chi connectivity index (χ1) is 10.6. The van der Waals surface area contributed by atoms with E-state index in [1.165, 1.54) is 4.90 Å². The number of carbonyl (C=O) groups excluding carboxylic acids is 1. The van der Waals surface area contributed by atoms with E-state index in [1.54, 1.807) is 18.2 Å². The monoisotopic (exact) mass is 323 g/mol. The molecule has 22 heavy (non-hydrogen) atoms. The molecule has 0 saturated carbocycles. The van der Waals surface area contributed by atoms with Crippen LogP contribution in [0.15, 0.2) is 18.2 Å². The molecular formula is C16H18ClNO4. The largest absolute Gasteiger partial charge is 0.492 e. The molecule has 0 aromatic heterocycles. The number of hydrogen-bond acceptors (Lipinski definition) is 3. The van der Waals surface area contributed by atoms with Gasteiger partial charge in [-0.2, -0.15) is 0 Å². The van der Waals surface area contributed by atoms with Gasteiger partial charge in [-0.1, -0.05) is 11.6 Å². The highest BCUT2D eigenvalue weighted by Gasteiger charge is 2.37. The molecule has 3 rings (SSSR count). The molecule has 0 radical (unpaired) electrons. The lowest BCUT2D eigenvalue weighted by molar-refractivity contribution is -0.154. The zero-order valence-electron chi connectivity index (χ0n) is 12.1. The Morgan fingerprint density at radius 1 is 1.32 bits per heavy atom. The zero-order chi connectivity index (χ0) is 15.7. The summed E-state index contributed by atoms with van der Waals surface area (Å²) in [6.45, 7) is 0.797. The van der Waals surface area contributed by atoms with E-state index in [9.17, 15) is 14.7 Å². The average molecular weight is 324 g/mol. The molecule has 0 aliphatic carbocycles. The van der Waals surface area contributed by atoms with Crippen molar-refractivity contribution < 1.29 is 19.4 Å². The second-order valence-electron chi connectivity index (χ2n) is 5.85. The number of halogens is 1. The Morgan fingerprint density at radius 3 is 2.91 bits per heavy atom. The predicted molar refractivity (Wildman–Crippen MR) is 81.1 cm³/mol. The molecule has 118 valence electrons. The minimum absolute atomic E-state index is 0.127. The molecule has 1 unspecified atom stereocenters. The van der Waals surface area contributed by atoms with Crippen molar-refractivity contribution in [2.45, 2.75) is 31.7 Å². The maximum atomic E-state index is 12.7. The number of rotatable bonds is 2. The number of hydrogen-bond donors (Lipinski definition) is 1. The fourth-order valence-corrected chi connectivity index (χ4v) is 3.40. The highest BCUT2D eigenvalue weighted by atomic mass is 35.5. The summed E-state index contributed by atoms with van der Waals surface area (Å²) in [5.41, 5.74) is 0.904. The van der Waals surface area contributed by atoms with Crippen LogP contribution in [0.2, 0.25) is 5.02 Å². The Balaban J connectivity index is 1.76. The molecule has 2 heterocycles. The summed E-state index contributed by atoms with van der Waals surface area (Å²) >= 11 is 5.99. The van der Waals surface area contributed by atoms with E-state index in [4.69, 9.17) is 16.3 Å². The van der Waals surface area contributed by atoms with Crippen LogP contribution in [-0.2, 0) is 16.0 Å². The average Bonchev–Trinajstić information content (AvgIpc) is 2.53. The summed E-state index contributed by atoms with van der Waals surface area (Å²) in [5.74, 6) is -0.640. The van der Waals surface area contributed by atoms with E-state index < -0.39 is 12.0 Å². The van der Waals surface area contributed by atoms with Crippen molar-refractivity contribution >= 4 is 23.5 Å². The summed E-state index contributed by atoms with van der Waals surface area (Å²) in [6.07, 6.45) is 2.76.